The molecule has 0 bridgehead atoms. The molecule has 9 unspecified atom stereocenters. The van der Waals surface area contributed by atoms with Crippen molar-refractivity contribution in [1.82, 2.24) is 24.5 Å². The Labute approximate surface area is 288 Å². The first-order chi connectivity index (χ1) is 22.4. The molecule has 4 heterocycles. The van der Waals surface area contributed by atoms with Crippen LogP contribution in [0.15, 0.2) is 4.79 Å². The highest BCUT2D eigenvalue weighted by Crippen LogP contribution is 2.48. The topological polar surface area (TPSA) is 132 Å². The third-order valence-corrected chi connectivity index (χ3v) is 13.9. The first kappa shape index (κ1) is 35.6. The Bertz CT molecular complexity index is 1450. The number of sulfonamides is 1. The normalized spacial score (nSPS) is 35.3. The Hall–Kier alpha value is -1.22. The number of fused-ring (bicyclic) bond motifs is 2. The number of nitrogens with one attached hydrogen (secondary N) is 2. The summed E-state index contributed by atoms with van der Waals surface area (Å²) in [5, 5.41) is 3.86. The Morgan fingerprint density at radius 2 is 1.91 bits per heavy atom. The lowest BCUT2D eigenvalue weighted by molar-refractivity contribution is -0.123. The van der Waals surface area contributed by atoms with E-state index in [1.54, 1.807) is 23.4 Å². The number of carbonyl (C=O) groups excluding carboxylic acids is 1. The number of amides is 1. The number of ether oxygens (including phenoxy) is 2. The SMILES string of the molecule is COC1CCN(C2CCc3nc(C)n(CCOC4CCC(Cl)CC4C4CC(C)NC5C(C(=O)NS(C)(=O)=O)CSC45)c(=O)c3C2)CC1. The molecule has 3 aliphatic heterocycles. The number of thioether (sulfide) groups is 1. The van der Waals surface area contributed by atoms with Crippen molar-refractivity contribution in [2.75, 3.05) is 38.8 Å². The van der Waals surface area contributed by atoms with Gasteiger partial charge in [-0.2, -0.15) is 11.8 Å². The van der Waals surface area contributed by atoms with Gasteiger partial charge in [0.25, 0.3) is 5.56 Å². The maximum absolute atomic E-state index is 13.9. The summed E-state index contributed by atoms with van der Waals surface area (Å²) in [5.41, 5.74) is 1.90. The zero-order valence-corrected chi connectivity index (χ0v) is 30.5. The minimum Gasteiger partial charge on any atom is -0.381 e. The summed E-state index contributed by atoms with van der Waals surface area (Å²) in [4.78, 5) is 34.2. The van der Waals surface area contributed by atoms with E-state index in [1.807, 2.05) is 6.92 Å². The highest BCUT2D eigenvalue weighted by atomic mass is 35.5. The van der Waals surface area contributed by atoms with Gasteiger partial charge >= 0.3 is 0 Å². The van der Waals surface area contributed by atoms with E-state index in [2.05, 4.69) is 21.9 Å². The Balaban J connectivity index is 1.12. The molecule has 47 heavy (non-hydrogen) atoms. The molecule has 1 amide bonds. The molecule has 1 saturated carbocycles. The maximum atomic E-state index is 13.9. The fourth-order valence-electron chi connectivity index (χ4n) is 9.04. The average molecular weight is 714 g/mol. The average Bonchev–Trinajstić information content (AvgIpc) is 3.46. The molecule has 14 heteroatoms. The van der Waals surface area contributed by atoms with Crippen LogP contribution >= 0.6 is 23.4 Å². The number of aryl methyl sites for hydroxylation is 2. The van der Waals surface area contributed by atoms with Crippen LogP contribution < -0.4 is 15.6 Å². The Kier molecular flexibility index (Phi) is 11.3. The minimum absolute atomic E-state index is 0.00597. The number of alkyl halides is 1. The van der Waals surface area contributed by atoms with E-state index in [4.69, 9.17) is 26.1 Å². The largest absolute Gasteiger partial charge is 0.381 e. The number of halogens is 1. The van der Waals surface area contributed by atoms with Crippen LogP contribution in [0.3, 0.4) is 0 Å². The van der Waals surface area contributed by atoms with Crippen molar-refractivity contribution in [3.05, 3.63) is 27.4 Å². The molecule has 11 nitrogen and oxygen atoms in total. The molecule has 9 atom stereocenters. The molecule has 0 spiro atoms. The van der Waals surface area contributed by atoms with Gasteiger partial charge in [-0.3, -0.25) is 23.8 Å². The molecule has 2 N–H and O–H groups in total. The molecule has 0 aromatic carbocycles. The van der Waals surface area contributed by atoms with Gasteiger partial charge < -0.3 is 14.8 Å². The van der Waals surface area contributed by atoms with E-state index in [0.717, 1.165) is 94.2 Å². The van der Waals surface area contributed by atoms with E-state index in [9.17, 15) is 18.0 Å². The summed E-state index contributed by atoms with van der Waals surface area (Å²) in [6.45, 7) is 6.96. The molecular weight excluding hydrogens is 662 g/mol. The monoisotopic (exact) mass is 713 g/mol. The molecular formula is C33H52ClN5O6S2. The van der Waals surface area contributed by atoms with E-state index < -0.39 is 21.8 Å². The molecule has 1 aromatic rings. The molecule has 3 saturated heterocycles. The zero-order valence-electron chi connectivity index (χ0n) is 28.2. The van der Waals surface area contributed by atoms with Gasteiger partial charge in [0.15, 0.2) is 0 Å². The third-order valence-electron chi connectivity index (χ3n) is 11.4. The van der Waals surface area contributed by atoms with Crippen LogP contribution in [0.2, 0.25) is 0 Å². The van der Waals surface area contributed by atoms with Crippen LogP contribution in [0.5, 0.6) is 0 Å². The minimum atomic E-state index is -3.63. The van der Waals surface area contributed by atoms with E-state index in [1.165, 1.54) is 0 Å². The lowest BCUT2D eigenvalue weighted by Gasteiger charge is -2.47. The Morgan fingerprint density at radius 3 is 2.64 bits per heavy atom. The van der Waals surface area contributed by atoms with Crippen molar-refractivity contribution in [3.8, 4) is 0 Å². The fraction of sp³-hybridized carbons (Fsp3) is 0.848. The number of likely N-dealkylation sites (tertiary alicyclic amines) is 1. The second-order valence-electron chi connectivity index (χ2n) is 14.5. The standard InChI is InChI=1S/C33H52ClN5O6S2/c1-19-15-25(31-30(35-19)27(18-46-31)32(40)37-47(4,42)43)24-16-21(34)5-8-29(24)45-14-13-39-20(2)36-28-7-6-22(17-26(28)33(39)41)38-11-9-23(44-3)10-12-38/h19,21-25,27,29-31,35H,5-18H2,1-4H3,(H,37,40). The van der Waals surface area contributed by atoms with Gasteiger partial charge in [-0.15, -0.1) is 11.6 Å². The maximum Gasteiger partial charge on any atom is 0.257 e. The van der Waals surface area contributed by atoms with E-state index >= 15 is 0 Å². The van der Waals surface area contributed by atoms with Gasteiger partial charge in [0, 0.05) is 60.3 Å². The summed E-state index contributed by atoms with van der Waals surface area (Å²) >= 11 is 8.54. The molecule has 1 aromatic heterocycles. The second kappa shape index (κ2) is 14.9. The number of carbonyl (C=O) groups is 1. The molecule has 5 aliphatic rings. The highest BCUT2D eigenvalue weighted by molar-refractivity contribution is 8.00. The number of aromatic nitrogens is 2. The van der Waals surface area contributed by atoms with Crippen molar-refractivity contribution in [3.63, 3.8) is 0 Å². The van der Waals surface area contributed by atoms with Crippen molar-refractivity contribution in [2.24, 2.45) is 17.8 Å². The number of methoxy groups -OCH3 is 1. The van der Waals surface area contributed by atoms with Gasteiger partial charge in [-0.25, -0.2) is 13.4 Å². The summed E-state index contributed by atoms with van der Waals surface area (Å²) in [6.07, 6.45) is 9.59. The molecule has 4 fully saturated rings. The first-order valence-corrected chi connectivity index (χ1v) is 20.8. The lowest BCUT2D eigenvalue weighted by Crippen LogP contribution is -2.58. The summed E-state index contributed by atoms with van der Waals surface area (Å²) in [5.74, 6) is 0.979. The van der Waals surface area contributed by atoms with E-state index in [0.29, 0.717) is 31.1 Å². The number of hydrogen-bond donors (Lipinski definition) is 2. The summed E-state index contributed by atoms with van der Waals surface area (Å²) in [6, 6.07) is 0.447. The first-order valence-electron chi connectivity index (χ1n) is 17.4. The van der Waals surface area contributed by atoms with Gasteiger partial charge in [0.1, 0.15) is 5.82 Å². The second-order valence-corrected chi connectivity index (χ2v) is 18.1. The number of hydrogen-bond acceptors (Lipinski definition) is 10. The van der Waals surface area contributed by atoms with Gasteiger partial charge in [0.2, 0.25) is 15.9 Å². The number of piperidine rings is 2. The van der Waals surface area contributed by atoms with Gasteiger partial charge in [0.05, 0.1) is 43.2 Å². The van der Waals surface area contributed by atoms with Crippen LogP contribution in [0.1, 0.15) is 69.0 Å². The number of rotatable bonds is 9. The van der Waals surface area contributed by atoms with Crippen LogP contribution in [-0.2, 0) is 43.7 Å². The predicted molar refractivity (Wildman–Crippen MR) is 185 cm³/mol. The van der Waals surface area contributed by atoms with E-state index in [-0.39, 0.29) is 46.2 Å². The van der Waals surface area contributed by atoms with Gasteiger partial charge in [-0.1, -0.05) is 0 Å². The zero-order chi connectivity index (χ0) is 33.5. The van der Waals surface area contributed by atoms with Gasteiger partial charge in [-0.05, 0) is 83.5 Å². The van der Waals surface area contributed by atoms with Crippen molar-refractivity contribution >= 4 is 39.3 Å². The predicted octanol–water partition coefficient (Wildman–Crippen LogP) is 2.49. The molecule has 264 valence electrons. The fourth-order valence-corrected chi connectivity index (χ4v) is 11.7. The molecule has 2 aliphatic carbocycles. The van der Waals surface area contributed by atoms with Crippen molar-refractivity contribution in [2.45, 2.75) is 119 Å². The highest BCUT2D eigenvalue weighted by Gasteiger charge is 2.52. The quantitative estimate of drug-likeness (QED) is 0.368. The van der Waals surface area contributed by atoms with Crippen LogP contribution in [0.25, 0.3) is 0 Å². The summed E-state index contributed by atoms with van der Waals surface area (Å²) < 4.78 is 39.9. The van der Waals surface area contributed by atoms with Crippen molar-refractivity contribution in [1.29, 1.82) is 0 Å². The van der Waals surface area contributed by atoms with Crippen molar-refractivity contribution < 1.29 is 22.7 Å². The lowest BCUT2D eigenvalue weighted by atomic mass is 9.70. The van der Waals surface area contributed by atoms with Crippen LogP contribution in [-0.4, -0.2) is 109 Å². The molecule has 0 radical (unpaired) electrons. The Morgan fingerprint density at radius 1 is 1.15 bits per heavy atom. The third kappa shape index (κ3) is 8.07. The number of nitrogens with zero attached hydrogens (tertiary/aromatic N) is 3. The van der Waals surface area contributed by atoms with Crippen LogP contribution in [0.4, 0.5) is 0 Å². The smallest absolute Gasteiger partial charge is 0.257 e. The summed E-state index contributed by atoms with van der Waals surface area (Å²) in [7, 11) is -1.83. The van der Waals surface area contributed by atoms with Crippen LogP contribution in [0, 0.1) is 24.7 Å². The molecule has 6 rings (SSSR count).